The van der Waals surface area contributed by atoms with Crippen molar-refractivity contribution in [1.29, 1.82) is 0 Å². The van der Waals surface area contributed by atoms with Crippen molar-refractivity contribution in [3.63, 3.8) is 0 Å². The Hall–Kier alpha value is -1.71. The van der Waals surface area contributed by atoms with Crippen LogP contribution in [-0.2, 0) is 4.74 Å². The zero-order chi connectivity index (χ0) is 18.0. The molecule has 3 rings (SSSR count). The average Bonchev–Trinajstić information content (AvgIpc) is 2.92. The molecular formula is C21H31N2O2. The van der Waals surface area contributed by atoms with Gasteiger partial charge in [0.2, 0.25) is 0 Å². The zero-order valence-corrected chi connectivity index (χ0v) is 16.0. The minimum Gasteiger partial charge on any atom is -0.444 e. The number of nitrogens with zero attached hydrogens (tertiary/aromatic N) is 2. The lowest BCUT2D eigenvalue weighted by Gasteiger charge is -2.31. The van der Waals surface area contributed by atoms with Crippen molar-refractivity contribution < 1.29 is 9.53 Å². The van der Waals surface area contributed by atoms with Crippen LogP contribution in [0.5, 0.6) is 0 Å². The van der Waals surface area contributed by atoms with Crippen LogP contribution in [0.2, 0.25) is 0 Å². The highest BCUT2D eigenvalue weighted by Crippen LogP contribution is 2.41. The molecule has 0 bridgehead atoms. The molecule has 0 spiro atoms. The van der Waals surface area contributed by atoms with Gasteiger partial charge < -0.3 is 14.5 Å². The summed E-state index contributed by atoms with van der Waals surface area (Å²) in [5, 5.41) is 0. The van der Waals surface area contributed by atoms with Gasteiger partial charge in [-0.25, -0.2) is 4.79 Å². The van der Waals surface area contributed by atoms with Crippen molar-refractivity contribution in [1.82, 2.24) is 4.90 Å². The van der Waals surface area contributed by atoms with Crippen LogP contribution in [0.1, 0.15) is 57.9 Å². The number of rotatable bonds is 4. The van der Waals surface area contributed by atoms with E-state index < -0.39 is 5.60 Å². The molecule has 0 aromatic heterocycles. The summed E-state index contributed by atoms with van der Waals surface area (Å²) in [5.41, 5.74) is 2.41. The van der Waals surface area contributed by atoms with Crippen molar-refractivity contribution in [2.45, 2.75) is 58.0 Å². The maximum Gasteiger partial charge on any atom is 0.410 e. The minimum atomic E-state index is -0.439. The molecule has 1 aromatic rings. The standard InChI is InChI=1S/C21H31N2O2/c1-21(2,3)25-20(24)22(4)14-16-12-13-23(15-16)19-11-6-5-10-18(19)17-8-7-9-17/h6,10-11,16-17H,7-9,12-15H2,1-4H3/t16-/m1/s1. The number of amides is 1. The summed E-state index contributed by atoms with van der Waals surface area (Å²) in [6.07, 6.45) is 4.86. The Bertz CT molecular complexity index is 604. The molecule has 0 N–H and O–H groups in total. The van der Waals surface area contributed by atoms with E-state index in [1.165, 1.54) is 30.5 Å². The molecule has 2 fully saturated rings. The minimum absolute atomic E-state index is 0.226. The van der Waals surface area contributed by atoms with Gasteiger partial charge in [0.05, 0.1) is 0 Å². The summed E-state index contributed by atoms with van der Waals surface area (Å²) in [6, 6.07) is 9.68. The molecule has 1 atom stereocenters. The molecule has 137 valence electrons. The van der Waals surface area contributed by atoms with E-state index in [0.29, 0.717) is 5.92 Å². The second-order valence-corrected chi connectivity index (χ2v) is 8.57. The summed E-state index contributed by atoms with van der Waals surface area (Å²) in [5.74, 6) is 1.21. The van der Waals surface area contributed by atoms with Crippen LogP contribution in [0.25, 0.3) is 0 Å². The fourth-order valence-corrected chi connectivity index (χ4v) is 3.77. The molecule has 1 heterocycles. The van der Waals surface area contributed by atoms with E-state index in [1.807, 2.05) is 33.9 Å². The summed E-state index contributed by atoms with van der Waals surface area (Å²) in [6.45, 7) is 8.55. The number of carbonyl (C=O) groups is 1. The van der Waals surface area contributed by atoms with E-state index in [1.54, 1.807) is 4.90 Å². The third kappa shape index (κ3) is 4.47. The highest BCUT2D eigenvalue weighted by molar-refractivity contribution is 5.67. The third-order valence-corrected chi connectivity index (χ3v) is 5.28. The van der Waals surface area contributed by atoms with E-state index in [2.05, 4.69) is 23.1 Å². The smallest absolute Gasteiger partial charge is 0.410 e. The van der Waals surface area contributed by atoms with Crippen LogP contribution in [0.3, 0.4) is 0 Å². The fourth-order valence-electron chi connectivity index (χ4n) is 3.77. The van der Waals surface area contributed by atoms with Crippen LogP contribution < -0.4 is 4.90 Å². The van der Waals surface area contributed by atoms with E-state index >= 15 is 0 Å². The van der Waals surface area contributed by atoms with Gasteiger partial charge in [0.15, 0.2) is 0 Å². The Labute approximate surface area is 152 Å². The monoisotopic (exact) mass is 343 g/mol. The quantitative estimate of drug-likeness (QED) is 0.810. The lowest BCUT2D eigenvalue weighted by Crippen LogP contribution is -2.37. The predicted octanol–water partition coefficient (Wildman–Crippen LogP) is 4.45. The molecule has 1 saturated carbocycles. The predicted molar refractivity (Wildman–Crippen MR) is 101 cm³/mol. The first-order valence-corrected chi connectivity index (χ1v) is 9.52. The molecule has 0 unspecified atom stereocenters. The van der Waals surface area contributed by atoms with Gasteiger partial charge in [-0.3, -0.25) is 0 Å². The Morgan fingerprint density at radius 2 is 2.12 bits per heavy atom. The number of carbonyl (C=O) groups excluding carboxylic acids is 1. The third-order valence-electron chi connectivity index (χ3n) is 5.28. The topological polar surface area (TPSA) is 32.8 Å². The van der Waals surface area contributed by atoms with E-state index in [9.17, 15) is 4.79 Å². The normalized spacial score (nSPS) is 21.1. The van der Waals surface area contributed by atoms with Gasteiger partial charge in [-0.05, 0) is 75.6 Å². The molecule has 1 amide bonds. The number of ether oxygens (including phenoxy) is 1. The highest BCUT2D eigenvalue weighted by Gasteiger charge is 2.30. The van der Waals surface area contributed by atoms with Crippen molar-refractivity contribution >= 4 is 11.8 Å². The first-order chi connectivity index (χ1) is 11.8. The van der Waals surface area contributed by atoms with Crippen molar-refractivity contribution in [3.8, 4) is 0 Å². The summed E-state index contributed by atoms with van der Waals surface area (Å²) < 4.78 is 5.46. The molecule has 25 heavy (non-hydrogen) atoms. The summed E-state index contributed by atoms with van der Waals surface area (Å²) in [4.78, 5) is 16.4. The van der Waals surface area contributed by atoms with Gasteiger partial charge in [-0.2, -0.15) is 0 Å². The molecule has 2 aliphatic rings. The maximum atomic E-state index is 12.2. The second-order valence-electron chi connectivity index (χ2n) is 8.57. The van der Waals surface area contributed by atoms with Gasteiger partial charge in [-0.15, -0.1) is 0 Å². The lowest BCUT2D eigenvalue weighted by atomic mass is 9.79. The van der Waals surface area contributed by atoms with Crippen molar-refractivity contribution in [2.75, 3.05) is 31.6 Å². The molecule has 1 radical (unpaired) electrons. The Morgan fingerprint density at radius 1 is 1.36 bits per heavy atom. The van der Waals surface area contributed by atoms with Crippen LogP contribution in [-0.4, -0.2) is 43.3 Å². The molecule has 1 aliphatic heterocycles. The van der Waals surface area contributed by atoms with Crippen LogP contribution in [0, 0.1) is 12.0 Å². The number of benzene rings is 1. The summed E-state index contributed by atoms with van der Waals surface area (Å²) >= 11 is 0. The Morgan fingerprint density at radius 3 is 2.76 bits per heavy atom. The molecule has 4 heteroatoms. The van der Waals surface area contributed by atoms with Crippen molar-refractivity contribution in [3.05, 3.63) is 29.8 Å². The lowest BCUT2D eigenvalue weighted by molar-refractivity contribution is 0.0277. The van der Waals surface area contributed by atoms with E-state index in [-0.39, 0.29) is 6.09 Å². The van der Waals surface area contributed by atoms with E-state index in [4.69, 9.17) is 4.74 Å². The number of hydrogen-bond donors (Lipinski definition) is 0. The average molecular weight is 343 g/mol. The maximum absolute atomic E-state index is 12.2. The Kier molecular flexibility index (Phi) is 5.26. The fraction of sp³-hybridized carbons (Fsp3) is 0.667. The second kappa shape index (κ2) is 7.27. The molecular weight excluding hydrogens is 312 g/mol. The van der Waals surface area contributed by atoms with Gasteiger partial charge in [0.25, 0.3) is 0 Å². The van der Waals surface area contributed by atoms with Crippen LogP contribution in [0.15, 0.2) is 18.2 Å². The van der Waals surface area contributed by atoms with Gasteiger partial charge in [-0.1, -0.05) is 12.5 Å². The SMILES string of the molecule is CN(C[C@H]1CCN(c2cc[c]cc2C2CCC2)C1)C(=O)OC(C)(C)C. The molecule has 1 saturated heterocycles. The molecule has 4 nitrogen and oxygen atoms in total. The number of hydrogen-bond acceptors (Lipinski definition) is 3. The zero-order valence-electron chi connectivity index (χ0n) is 16.0. The first-order valence-electron chi connectivity index (χ1n) is 9.52. The largest absolute Gasteiger partial charge is 0.444 e. The highest BCUT2D eigenvalue weighted by atomic mass is 16.6. The van der Waals surface area contributed by atoms with Gasteiger partial charge in [0, 0.05) is 32.4 Å². The van der Waals surface area contributed by atoms with E-state index in [0.717, 1.165) is 32.0 Å². The Balaban J connectivity index is 1.58. The summed E-state index contributed by atoms with van der Waals surface area (Å²) in [7, 11) is 1.84. The van der Waals surface area contributed by atoms with Crippen LogP contribution in [0.4, 0.5) is 10.5 Å². The first kappa shape index (κ1) is 18.1. The van der Waals surface area contributed by atoms with Crippen LogP contribution >= 0.6 is 0 Å². The molecule has 1 aliphatic carbocycles. The number of anilines is 1. The van der Waals surface area contributed by atoms with Gasteiger partial charge >= 0.3 is 6.09 Å². The van der Waals surface area contributed by atoms with Gasteiger partial charge in [0.1, 0.15) is 5.60 Å². The van der Waals surface area contributed by atoms with Crippen molar-refractivity contribution in [2.24, 2.45) is 5.92 Å². The molecule has 1 aromatic carbocycles.